The molecule has 4 heterocycles. The largest absolute Gasteiger partial charge is 0.355 e. The number of thiophene rings is 1. The van der Waals surface area contributed by atoms with Gasteiger partial charge < -0.3 is 16.0 Å². The van der Waals surface area contributed by atoms with Crippen molar-refractivity contribution in [3.05, 3.63) is 46.9 Å². The Hall–Kier alpha value is -2.29. The molecule has 0 saturated carbocycles. The zero-order valence-electron chi connectivity index (χ0n) is 14.1. The molecule has 6 nitrogen and oxygen atoms in total. The molecular formula is C18H19N5OS2. The fourth-order valence-electron chi connectivity index (χ4n) is 2.94. The van der Waals surface area contributed by atoms with Crippen LogP contribution in [0, 0.1) is 0 Å². The molecular weight excluding hydrogens is 366 g/mol. The van der Waals surface area contributed by atoms with E-state index in [1.54, 1.807) is 22.9 Å². The van der Waals surface area contributed by atoms with Crippen LogP contribution in [0.25, 0.3) is 9.88 Å². The van der Waals surface area contributed by atoms with Crippen molar-refractivity contribution in [2.45, 2.75) is 18.9 Å². The fraction of sp³-hybridized carbons (Fsp3) is 0.278. The fourth-order valence-corrected chi connectivity index (χ4v) is 4.55. The third-order valence-electron chi connectivity index (χ3n) is 4.34. The number of nitrogens with two attached hydrogens (primary N) is 1. The number of piperidine rings is 1. The van der Waals surface area contributed by atoms with Crippen molar-refractivity contribution < 1.29 is 4.79 Å². The number of nitrogens with one attached hydrogen (secondary N) is 1. The lowest BCUT2D eigenvalue weighted by Gasteiger charge is -2.32. The molecule has 0 unspecified atom stereocenters. The van der Waals surface area contributed by atoms with Gasteiger partial charge in [-0.05, 0) is 36.4 Å². The van der Waals surface area contributed by atoms with Gasteiger partial charge >= 0.3 is 0 Å². The van der Waals surface area contributed by atoms with E-state index in [9.17, 15) is 4.79 Å². The molecule has 3 N–H and O–H groups in total. The van der Waals surface area contributed by atoms with Gasteiger partial charge in [-0.25, -0.2) is 9.97 Å². The Balaban J connectivity index is 1.51. The summed E-state index contributed by atoms with van der Waals surface area (Å²) in [5.41, 5.74) is 7.12. The zero-order chi connectivity index (χ0) is 17.9. The van der Waals surface area contributed by atoms with Crippen LogP contribution in [0.5, 0.6) is 0 Å². The Morgan fingerprint density at radius 3 is 2.85 bits per heavy atom. The molecule has 0 bridgehead atoms. The molecule has 1 saturated heterocycles. The number of aromatic nitrogens is 2. The molecule has 134 valence electrons. The minimum Gasteiger partial charge on any atom is -0.355 e. The number of amides is 1. The summed E-state index contributed by atoms with van der Waals surface area (Å²) in [5.74, 6) is 0.577. The van der Waals surface area contributed by atoms with E-state index in [0.717, 1.165) is 41.6 Å². The summed E-state index contributed by atoms with van der Waals surface area (Å²) < 4.78 is 0. The molecule has 0 aliphatic carbocycles. The topological polar surface area (TPSA) is 84.1 Å². The number of rotatable bonds is 4. The second kappa shape index (κ2) is 7.53. The van der Waals surface area contributed by atoms with Gasteiger partial charge in [0.1, 0.15) is 10.7 Å². The third kappa shape index (κ3) is 3.62. The average Bonchev–Trinajstić information content (AvgIpc) is 3.34. The Morgan fingerprint density at radius 1 is 1.23 bits per heavy atom. The van der Waals surface area contributed by atoms with Crippen LogP contribution in [-0.4, -0.2) is 35.0 Å². The van der Waals surface area contributed by atoms with Crippen molar-refractivity contribution in [1.82, 2.24) is 9.97 Å². The molecule has 8 heteroatoms. The number of thiazole rings is 1. The first-order valence-electron chi connectivity index (χ1n) is 8.47. The van der Waals surface area contributed by atoms with E-state index in [1.807, 2.05) is 29.6 Å². The van der Waals surface area contributed by atoms with E-state index < -0.39 is 0 Å². The molecule has 0 spiro atoms. The van der Waals surface area contributed by atoms with E-state index in [0.29, 0.717) is 11.4 Å². The van der Waals surface area contributed by atoms with Crippen molar-refractivity contribution in [1.29, 1.82) is 0 Å². The van der Waals surface area contributed by atoms with Gasteiger partial charge in [0.05, 0.1) is 10.6 Å². The zero-order valence-corrected chi connectivity index (χ0v) is 15.7. The third-order valence-corrected chi connectivity index (χ3v) is 6.22. The summed E-state index contributed by atoms with van der Waals surface area (Å²) in [7, 11) is 0. The highest BCUT2D eigenvalue weighted by atomic mass is 32.1. The van der Waals surface area contributed by atoms with Gasteiger partial charge in [0.15, 0.2) is 5.82 Å². The van der Waals surface area contributed by atoms with E-state index in [-0.39, 0.29) is 11.9 Å². The van der Waals surface area contributed by atoms with E-state index >= 15 is 0 Å². The van der Waals surface area contributed by atoms with Crippen LogP contribution in [0.4, 0.5) is 11.5 Å². The Kier molecular flexibility index (Phi) is 4.96. The number of carbonyl (C=O) groups excluding carboxylic acids is 1. The Morgan fingerprint density at radius 2 is 2.08 bits per heavy atom. The van der Waals surface area contributed by atoms with Crippen LogP contribution in [0.1, 0.15) is 23.3 Å². The lowest BCUT2D eigenvalue weighted by Crippen LogP contribution is -2.40. The average molecular weight is 386 g/mol. The molecule has 1 amide bonds. The van der Waals surface area contributed by atoms with E-state index in [4.69, 9.17) is 5.73 Å². The normalized spacial score (nSPS) is 15.2. The predicted octanol–water partition coefficient (Wildman–Crippen LogP) is 3.45. The monoisotopic (exact) mass is 385 g/mol. The molecule has 1 fully saturated rings. The number of anilines is 2. The summed E-state index contributed by atoms with van der Waals surface area (Å²) in [6.45, 7) is 1.69. The molecule has 4 rings (SSSR count). The SMILES string of the molecule is NC1CCN(c2ncccc2NC(=O)c2csc(-c3cccs3)n2)CC1. The first-order valence-corrected chi connectivity index (χ1v) is 10.2. The summed E-state index contributed by atoms with van der Waals surface area (Å²) >= 11 is 3.09. The van der Waals surface area contributed by atoms with Gasteiger partial charge in [0.2, 0.25) is 0 Å². The van der Waals surface area contributed by atoms with Crippen molar-refractivity contribution >= 4 is 40.1 Å². The summed E-state index contributed by atoms with van der Waals surface area (Å²) in [6, 6.07) is 7.94. The number of hydrogen-bond acceptors (Lipinski definition) is 7. The maximum Gasteiger partial charge on any atom is 0.275 e. The van der Waals surface area contributed by atoms with Gasteiger partial charge in [-0.15, -0.1) is 22.7 Å². The first kappa shape index (κ1) is 17.1. The predicted molar refractivity (Wildman–Crippen MR) is 107 cm³/mol. The molecule has 26 heavy (non-hydrogen) atoms. The molecule has 3 aromatic rings. The second-order valence-corrected chi connectivity index (χ2v) is 7.97. The lowest BCUT2D eigenvalue weighted by atomic mass is 10.1. The molecule has 0 radical (unpaired) electrons. The summed E-state index contributed by atoms with van der Waals surface area (Å²) in [6.07, 6.45) is 3.61. The standard InChI is InChI=1S/C18H19N5OS2/c19-12-5-8-23(9-6-12)16-13(3-1-7-20-16)21-17(24)14-11-26-18(22-14)15-4-2-10-25-15/h1-4,7,10-12H,5-6,8-9,19H2,(H,21,24). The van der Waals surface area contributed by atoms with Gasteiger partial charge in [-0.2, -0.15) is 0 Å². The first-order chi connectivity index (χ1) is 12.7. The molecule has 0 atom stereocenters. The second-order valence-electron chi connectivity index (χ2n) is 6.17. The highest BCUT2D eigenvalue weighted by molar-refractivity contribution is 7.20. The minimum atomic E-state index is -0.216. The quantitative estimate of drug-likeness (QED) is 0.719. The highest BCUT2D eigenvalue weighted by Gasteiger charge is 2.21. The number of pyridine rings is 1. The van der Waals surface area contributed by atoms with Crippen LogP contribution < -0.4 is 16.0 Å². The Bertz CT molecular complexity index is 885. The number of carbonyl (C=O) groups is 1. The molecule has 0 aromatic carbocycles. The van der Waals surface area contributed by atoms with Crippen molar-refractivity contribution in [3.8, 4) is 9.88 Å². The van der Waals surface area contributed by atoms with Gasteiger partial charge in [0, 0.05) is 30.7 Å². The van der Waals surface area contributed by atoms with Crippen LogP contribution in [-0.2, 0) is 0 Å². The van der Waals surface area contributed by atoms with E-state index in [2.05, 4.69) is 20.2 Å². The molecule has 1 aliphatic rings. The summed E-state index contributed by atoms with van der Waals surface area (Å²) in [5, 5.41) is 7.62. The molecule has 1 aliphatic heterocycles. The van der Waals surface area contributed by atoms with E-state index in [1.165, 1.54) is 11.3 Å². The smallest absolute Gasteiger partial charge is 0.275 e. The number of hydrogen-bond donors (Lipinski definition) is 2. The van der Waals surface area contributed by atoms with Crippen molar-refractivity contribution in [2.24, 2.45) is 5.73 Å². The van der Waals surface area contributed by atoms with Gasteiger partial charge in [0.25, 0.3) is 5.91 Å². The van der Waals surface area contributed by atoms with Crippen molar-refractivity contribution in [2.75, 3.05) is 23.3 Å². The van der Waals surface area contributed by atoms with Crippen LogP contribution in [0.15, 0.2) is 41.2 Å². The number of nitrogens with zero attached hydrogens (tertiary/aromatic N) is 3. The minimum absolute atomic E-state index is 0.216. The van der Waals surface area contributed by atoms with Gasteiger partial charge in [-0.3, -0.25) is 4.79 Å². The Labute approximate surface area is 159 Å². The summed E-state index contributed by atoms with van der Waals surface area (Å²) in [4.78, 5) is 24.8. The van der Waals surface area contributed by atoms with Crippen LogP contribution >= 0.6 is 22.7 Å². The van der Waals surface area contributed by atoms with Crippen LogP contribution in [0.3, 0.4) is 0 Å². The maximum atomic E-state index is 12.7. The van der Waals surface area contributed by atoms with Crippen molar-refractivity contribution in [3.63, 3.8) is 0 Å². The molecule has 3 aromatic heterocycles. The van der Waals surface area contributed by atoms with Gasteiger partial charge in [-0.1, -0.05) is 6.07 Å². The van der Waals surface area contributed by atoms with Crippen LogP contribution in [0.2, 0.25) is 0 Å². The maximum absolute atomic E-state index is 12.7. The lowest BCUT2D eigenvalue weighted by molar-refractivity contribution is 0.102. The highest BCUT2D eigenvalue weighted by Crippen LogP contribution is 2.29.